The van der Waals surface area contributed by atoms with Gasteiger partial charge in [0.05, 0.1) is 5.41 Å². The second-order valence-electron chi connectivity index (χ2n) is 7.77. The van der Waals surface area contributed by atoms with Crippen molar-refractivity contribution in [3.8, 4) is 0 Å². The van der Waals surface area contributed by atoms with E-state index in [1.165, 1.54) is 31.4 Å². The summed E-state index contributed by atoms with van der Waals surface area (Å²) in [6, 6.07) is 9.31. The lowest BCUT2D eigenvalue weighted by atomic mass is 9.77. The van der Waals surface area contributed by atoms with Gasteiger partial charge in [0.25, 0.3) is 0 Å². The minimum atomic E-state index is -0.314. The van der Waals surface area contributed by atoms with Crippen molar-refractivity contribution in [2.24, 2.45) is 0 Å². The predicted octanol–water partition coefficient (Wildman–Crippen LogP) is 4.00. The van der Waals surface area contributed by atoms with E-state index in [0.717, 1.165) is 43.1 Å². The van der Waals surface area contributed by atoms with Crippen molar-refractivity contribution < 1.29 is 4.79 Å². The fourth-order valence-corrected chi connectivity index (χ4v) is 5.53. The zero-order chi connectivity index (χ0) is 16.6. The van der Waals surface area contributed by atoms with Crippen LogP contribution in [0.5, 0.6) is 0 Å². The van der Waals surface area contributed by atoms with Gasteiger partial charge in [-0.15, -0.1) is 0 Å². The SMILES string of the molecule is O=C(NC1CCN2CCCCC12)C1(c2cccc(Br)c2)CCCC1. The van der Waals surface area contributed by atoms with Crippen molar-refractivity contribution in [2.45, 2.75) is 68.9 Å². The lowest BCUT2D eigenvalue weighted by Gasteiger charge is -2.35. The first-order valence-electron chi connectivity index (χ1n) is 9.50. The number of halogens is 1. The summed E-state index contributed by atoms with van der Waals surface area (Å²) in [7, 11) is 0. The summed E-state index contributed by atoms with van der Waals surface area (Å²) < 4.78 is 1.07. The first kappa shape index (κ1) is 16.6. The molecule has 2 saturated heterocycles. The zero-order valence-electron chi connectivity index (χ0n) is 14.3. The maximum atomic E-state index is 13.4. The lowest BCUT2D eigenvalue weighted by Crippen LogP contribution is -2.52. The average molecular weight is 391 g/mol. The molecule has 3 aliphatic rings. The Balaban J connectivity index is 1.55. The Hall–Kier alpha value is -0.870. The molecule has 1 saturated carbocycles. The van der Waals surface area contributed by atoms with Crippen LogP contribution in [0, 0.1) is 0 Å². The number of nitrogens with zero attached hydrogens (tertiary/aromatic N) is 1. The third-order valence-corrected chi connectivity index (χ3v) is 6.93. The van der Waals surface area contributed by atoms with Gasteiger partial charge in [0.15, 0.2) is 0 Å². The highest BCUT2D eigenvalue weighted by molar-refractivity contribution is 9.10. The van der Waals surface area contributed by atoms with E-state index < -0.39 is 0 Å². The minimum absolute atomic E-state index is 0.274. The summed E-state index contributed by atoms with van der Waals surface area (Å²) in [5.41, 5.74) is 0.872. The van der Waals surface area contributed by atoms with Gasteiger partial charge in [-0.3, -0.25) is 9.69 Å². The van der Waals surface area contributed by atoms with Gasteiger partial charge in [-0.2, -0.15) is 0 Å². The van der Waals surface area contributed by atoms with Crippen LogP contribution in [0.2, 0.25) is 0 Å². The summed E-state index contributed by atoms with van der Waals surface area (Å²) in [6.07, 6.45) is 9.26. The Kier molecular flexibility index (Phi) is 4.70. The number of rotatable bonds is 3. The first-order chi connectivity index (χ1) is 11.7. The van der Waals surface area contributed by atoms with Crippen LogP contribution in [0.3, 0.4) is 0 Å². The van der Waals surface area contributed by atoms with Crippen molar-refractivity contribution in [2.75, 3.05) is 13.1 Å². The molecular weight excluding hydrogens is 364 g/mol. The third kappa shape index (κ3) is 2.92. The molecule has 4 rings (SSSR count). The quantitative estimate of drug-likeness (QED) is 0.845. The first-order valence-corrected chi connectivity index (χ1v) is 10.3. The van der Waals surface area contributed by atoms with E-state index in [-0.39, 0.29) is 11.3 Å². The molecular formula is C20H27BrN2O. The van der Waals surface area contributed by atoms with Gasteiger partial charge in [-0.1, -0.05) is 47.3 Å². The molecule has 0 spiro atoms. The van der Waals surface area contributed by atoms with Crippen LogP contribution in [0.15, 0.2) is 28.7 Å². The van der Waals surface area contributed by atoms with Gasteiger partial charge < -0.3 is 5.32 Å². The van der Waals surface area contributed by atoms with Gasteiger partial charge in [0.1, 0.15) is 0 Å². The number of amides is 1. The summed E-state index contributed by atoms with van der Waals surface area (Å²) >= 11 is 3.58. The van der Waals surface area contributed by atoms with E-state index in [1.807, 2.05) is 6.07 Å². The normalized spacial score (nSPS) is 29.4. The van der Waals surface area contributed by atoms with Crippen molar-refractivity contribution in [3.63, 3.8) is 0 Å². The highest BCUT2D eigenvalue weighted by Gasteiger charge is 2.45. The second kappa shape index (κ2) is 6.80. The summed E-state index contributed by atoms with van der Waals surface area (Å²) in [5, 5.41) is 3.48. The molecule has 0 aromatic heterocycles. The van der Waals surface area contributed by atoms with Crippen molar-refractivity contribution in [3.05, 3.63) is 34.3 Å². The minimum Gasteiger partial charge on any atom is -0.351 e. The second-order valence-corrected chi connectivity index (χ2v) is 8.68. The lowest BCUT2D eigenvalue weighted by molar-refractivity contribution is -0.127. The van der Waals surface area contributed by atoms with Crippen molar-refractivity contribution >= 4 is 21.8 Å². The Labute approximate surface area is 153 Å². The van der Waals surface area contributed by atoms with E-state index in [4.69, 9.17) is 0 Å². The van der Waals surface area contributed by atoms with Gasteiger partial charge in [0, 0.05) is 23.1 Å². The molecule has 2 unspecified atom stereocenters. The van der Waals surface area contributed by atoms with Crippen LogP contribution < -0.4 is 5.32 Å². The summed E-state index contributed by atoms with van der Waals surface area (Å²) in [6.45, 7) is 2.37. The molecule has 1 aliphatic carbocycles. The monoisotopic (exact) mass is 390 g/mol. The average Bonchev–Trinajstić information content (AvgIpc) is 3.23. The van der Waals surface area contributed by atoms with Gasteiger partial charge in [-0.25, -0.2) is 0 Å². The number of hydrogen-bond acceptors (Lipinski definition) is 2. The fraction of sp³-hybridized carbons (Fsp3) is 0.650. The Morgan fingerprint density at radius 2 is 1.96 bits per heavy atom. The number of benzene rings is 1. The molecule has 2 atom stereocenters. The third-order valence-electron chi connectivity index (χ3n) is 6.44. The van der Waals surface area contributed by atoms with E-state index >= 15 is 0 Å². The number of fused-ring (bicyclic) bond motifs is 1. The predicted molar refractivity (Wildman–Crippen MR) is 100 cm³/mol. The topological polar surface area (TPSA) is 32.3 Å². The van der Waals surface area contributed by atoms with Crippen LogP contribution in [-0.4, -0.2) is 36.0 Å². The molecule has 0 radical (unpaired) electrons. The van der Waals surface area contributed by atoms with Gasteiger partial charge >= 0.3 is 0 Å². The number of piperidine rings is 1. The molecule has 130 valence electrons. The van der Waals surface area contributed by atoms with Gasteiger partial charge in [0.2, 0.25) is 5.91 Å². The number of carbonyl (C=O) groups excluding carboxylic acids is 1. The Bertz CT molecular complexity index is 611. The molecule has 3 fully saturated rings. The molecule has 2 heterocycles. The van der Waals surface area contributed by atoms with E-state index in [2.05, 4.69) is 44.3 Å². The van der Waals surface area contributed by atoms with Gasteiger partial charge in [-0.05, 0) is 56.3 Å². The number of hydrogen-bond donors (Lipinski definition) is 1. The van der Waals surface area contributed by atoms with E-state index in [9.17, 15) is 4.79 Å². The highest BCUT2D eigenvalue weighted by atomic mass is 79.9. The van der Waals surface area contributed by atoms with Crippen molar-refractivity contribution in [1.82, 2.24) is 10.2 Å². The van der Waals surface area contributed by atoms with Crippen LogP contribution in [0.1, 0.15) is 56.9 Å². The molecule has 3 nitrogen and oxygen atoms in total. The smallest absolute Gasteiger partial charge is 0.230 e. The van der Waals surface area contributed by atoms with E-state index in [0.29, 0.717) is 12.1 Å². The largest absolute Gasteiger partial charge is 0.351 e. The van der Waals surface area contributed by atoms with Crippen LogP contribution >= 0.6 is 15.9 Å². The highest BCUT2D eigenvalue weighted by Crippen LogP contribution is 2.42. The maximum absolute atomic E-state index is 13.4. The molecule has 2 aliphatic heterocycles. The number of carbonyl (C=O) groups is 1. The van der Waals surface area contributed by atoms with Crippen LogP contribution in [-0.2, 0) is 10.2 Å². The molecule has 0 bridgehead atoms. The fourth-order valence-electron chi connectivity index (χ4n) is 5.13. The molecule has 4 heteroatoms. The molecule has 1 aromatic carbocycles. The molecule has 1 N–H and O–H groups in total. The van der Waals surface area contributed by atoms with Crippen LogP contribution in [0.4, 0.5) is 0 Å². The number of nitrogens with one attached hydrogen (secondary N) is 1. The molecule has 1 amide bonds. The maximum Gasteiger partial charge on any atom is 0.230 e. The Morgan fingerprint density at radius 3 is 2.75 bits per heavy atom. The standard InChI is InChI=1S/C20H27BrN2O/c21-16-7-5-6-15(14-16)20(10-2-3-11-20)19(24)22-17-9-13-23-12-4-1-8-18(17)23/h5-7,14,17-18H,1-4,8-13H2,(H,22,24). The molecule has 1 aromatic rings. The molecule has 24 heavy (non-hydrogen) atoms. The Morgan fingerprint density at radius 1 is 1.12 bits per heavy atom. The van der Waals surface area contributed by atoms with E-state index in [1.54, 1.807) is 0 Å². The zero-order valence-corrected chi connectivity index (χ0v) is 15.9. The summed E-state index contributed by atoms with van der Waals surface area (Å²) in [4.78, 5) is 16.0. The van der Waals surface area contributed by atoms with Crippen LogP contribution in [0.25, 0.3) is 0 Å². The van der Waals surface area contributed by atoms with Crippen molar-refractivity contribution in [1.29, 1.82) is 0 Å². The summed E-state index contributed by atoms with van der Waals surface area (Å²) in [5.74, 6) is 0.274.